The molecule has 0 spiro atoms. The first-order valence-electron chi connectivity index (χ1n) is 13.2. The normalized spacial score (nSPS) is 15.9. The summed E-state index contributed by atoms with van der Waals surface area (Å²) >= 11 is 6.42. The van der Waals surface area contributed by atoms with Gasteiger partial charge in [0.1, 0.15) is 0 Å². The summed E-state index contributed by atoms with van der Waals surface area (Å²) in [6, 6.07) is 7.10. The van der Waals surface area contributed by atoms with Crippen molar-refractivity contribution in [2.75, 3.05) is 58.2 Å². The van der Waals surface area contributed by atoms with Crippen molar-refractivity contribution in [3.63, 3.8) is 0 Å². The van der Waals surface area contributed by atoms with Crippen LogP contribution in [-0.2, 0) is 11.8 Å². The van der Waals surface area contributed by atoms with E-state index in [2.05, 4.69) is 10.3 Å². The van der Waals surface area contributed by atoms with E-state index < -0.39 is 17.5 Å². The molecule has 3 aromatic rings. The van der Waals surface area contributed by atoms with E-state index in [4.69, 9.17) is 16.3 Å². The topological polar surface area (TPSA) is 120 Å². The number of likely N-dealkylation sites (tertiary alicyclic amines) is 1. The number of aliphatic hydroxyl groups is 1. The predicted molar refractivity (Wildman–Crippen MR) is 149 cm³/mol. The van der Waals surface area contributed by atoms with Crippen LogP contribution in [-0.4, -0.2) is 106 Å². The first-order chi connectivity index (χ1) is 20.1. The van der Waals surface area contributed by atoms with Crippen LogP contribution in [0.15, 0.2) is 36.5 Å². The van der Waals surface area contributed by atoms with E-state index in [1.165, 1.54) is 55.3 Å². The van der Waals surface area contributed by atoms with E-state index in [0.29, 0.717) is 45.0 Å². The Morgan fingerprint density at radius 3 is 2.40 bits per heavy atom. The smallest absolute Gasteiger partial charge is 0.291 e. The van der Waals surface area contributed by atoms with E-state index in [1.807, 2.05) is 4.90 Å². The number of rotatable bonds is 7. The van der Waals surface area contributed by atoms with Gasteiger partial charge in [-0.15, -0.1) is 0 Å². The molecule has 14 heteroatoms. The quantitative estimate of drug-likeness (QED) is 0.426. The van der Waals surface area contributed by atoms with Gasteiger partial charge in [0.05, 0.1) is 42.2 Å². The number of carbonyl (C=O) groups is 3. The largest absolute Gasteiger partial charge is 0.494 e. The minimum atomic E-state index is -1.15. The van der Waals surface area contributed by atoms with Gasteiger partial charge in [0.25, 0.3) is 11.8 Å². The summed E-state index contributed by atoms with van der Waals surface area (Å²) in [5, 5.41) is 12.2. The lowest BCUT2D eigenvalue weighted by molar-refractivity contribution is -0.136. The van der Waals surface area contributed by atoms with E-state index in [1.54, 1.807) is 9.80 Å². The number of hydrogen-bond acceptors (Lipinski definition) is 7. The molecule has 0 saturated carbocycles. The monoisotopic (exact) mass is 602 g/mol. The lowest BCUT2D eigenvalue weighted by atomic mass is 10.1. The van der Waals surface area contributed by atoms with Crippen LogP contribution in [0, 0.1) is 11.6 Å². The zero-order chi connectivity index (χ0) is 30.1. The lowest BCUT2D eigenvalue weighted by Gasteiger charge is -2.39. The first kappa shape index (κ1) is 29.4. The minimum absolute atomic E-state index is 0.0340. The number of nitrogens with zero attached hydrogens (tertiary/aromatic N) is 5. The average molecular weight is 603 g/mol. The number of piperazine rings is 1. The van der Waals surface area contributed by atoms with E-state index in [-0.39, 0.29) is 57.9 Å². The molecule has 2 aliphatic rings. The number of hydrogen-bond donors (Lipinski definition) is 2. The third-order valence-corrected chi connectivity index (χ3v) is 7.72. The van der Waals surface area contributed by atoms with Gasteiger partial charge in [-0.05, 0) is 30.3 Å². The Morgan fingerprint density at radius 2 is 1.76 bits per heavy atom. The molecular weight excluding hydrogens is 574 g/mol. The second-order valence-electron chi connectivity index (χ2n) is 10.1. The molecule has 2 aromatic carbocycles. The third kappa shape index (κ3) is 5.80. The number of aliphatic hydroxyl groups excluding tert-OH is 1. The molecule has 2 N–H and O–H groups in total. The van der Waals surface area contributed by atoms with Gasteiger partial charge in [0.15, 0.2) is 17.4 Å². The van der Waals surface area contributed by atoms with Crippen LogP contribution in [0.3, 0.4) is 0 Å². The molecule has 11 nitrogen and oxygen atoms in total. The molecule has 3 heterocycles. The number of carbonyl (C=O) groups excluding carboxylic acids is 3. The standard InChI is InChI=1S/C28H29ClF2N6O5/c1-34-21(19-5-6-22(42-2)25(31)24(19)30)12-32-26(34)27(40)33-16-3-4-18(20(29)11-16)28(41)37-9-7-36(8-10-37)23(39)15-35-13-17(38)14-35/h3-6,11-12,17,38H,7-10,13-15H2,1-2H3,(H,33,40). The number of nitrogens with one attached hydrogen (secondary N) is 1. The van der Waals surface area contributed by atoms with Gasteiger partial charge in [0.2, 0.25) is 11.7 Å². The number of imidazole rings is 1. The number of β-amino-alcohol motifs (C(OH)–C–C–N with tert-alkyl or cyclic N) is 1. The van der Waals surface area contributed by atoms with Crippen molar-refractivity contribution in [2.24, 2.45) is 7.05 Å². The maximum atomic E-state index is 14.6. The molecule has 0 atom stereocenters. The number of benzene rings is 2. The van der Waals surface area contributed by atoms with Crippen molar-refractivity contribution in [2.45, 2.75) is 6.10 Å². The molecule has 42 heavy (non-hydrogen) atoms. The number of halogens is 3. The van der Waals surface area contributed by atoms with Crippen LogP contribution in [0.2, 0.25) is 5.02 Å². The number of anilines is 1. The molecular formula is C28H29ClF2N6O5. The summed E-state index contributed by atoms with van der Waals surface area (Å²) in [5.74, 6) is -3.53. The first-order valence-corrected chi connectivity index (χ1v) is 13.6. The summed E-state index contributed by atoms with van der Waals surface area (Å²) in [6.07, 6.45) is 0.888. The summed E-state index contributed by atoms with van der Waals surface area (Å²) in [4.78, 5) is 47.8. The van der Waals surface area contributed by atoms with Crippen LogP contribution in [0.1, 0.15) is 21.0 Å². The minimum Gasteiger partial charge on any atom is -0.494 e. The lowest BCUT2D eigenvalue weighted by Crippen LogP contribution is -2.57. The Kier molecular flexibility index (Phi) is 8.43. The SMILES string of the molecule is COc1ccc(-c2cnc(C(=O)Nc3ccc(C(=O)N4CCN(C(=O)CN5CC(O)C5)CC4)c(Cl)c3)n2C)c(F)c1F. The van der Waals surface area contributed by atoms with Gasteiger partial charge >= 0.3 is 0 Å². The second-order valence-corrected chi connectivity index (χ2v) is 10.5. The van der Waals surface area contributed by atoms with Crippen molar-refractivity contribution in [3.05, 3.63) is 64.6 Å². The molecule has 5 rings (SSSR count). The molecule has 222 valence electrons. The van der Waals surface area contributed by atoms with Crippen molar-refractivity contribution < 1.29 is 33.0 Å². The van der Waals surface area contributed by atoms with E-state index in [0.717, 1.165) is 0 Å². The molecule has 0 aliphatic carbocycles. The zero-order valence-electron chi connectivity index (χ0n) is 22.9. The Morgan fingerprint density at radius 1 is 1.07 bits per heavy atom. The van der Waals surface area contributed by atoms with Gasteiger partial charge in [0, 0.05) is 57.6 Å². The van der Waals surface area contributed by atoms with Gasteiger partial charge < -0.3 is 29.5 Å². The van der Waals surface area contributed by atoms with Gasteiger partial charge in [-0.2, -0.15) is 4.39 Å². The number of methoxy groups -OCH3 is 1. The molecule has 0 radical (unpaired) electrons. The maximum absolute atomic E-state index is 14.6. The van der Waals surface area contributed by atoms with Crippen LogP contribution < -0.4 is 10.1 Å². The Labute approximate surface area is 245 Å². The van der Waals surface area contributed by atoms with Gasteiger partial charge in [-0.3, -0.25) is 19.3 Å². The van der Waals surface area contributed by atoms with Gasteiger partial charge in [-0.25, -0.2) is 9.37 Å². The van der Waals surface area contributed by atoms with Crippen molar-refractivity contribution >= 4 is 35.0 Å². The van der Waals surface area contributed by atoms with Crippen molar-refractivity contribution in [1.29, 1.82) is 0 Å². The molecule has 0 bridgehead atoms. The van der Waals surface area contributed by atoms with Gasteiger partial charge in [-0.1, -0.05) is 11.6 Å². The Balaban J connectivity index is 1.20. The fourth-order valence-electron chi connectivity index (χ4n) is 5.00. The molecule has 0 unspecified atom stereocenters. The zero-order valence-corrected chi connectivity index (χ0v) is 23.7. The summed E-state index contributed by atoms with van der Waals surface area (Å²) in [7, 11) is 2.73. The number of aromatic nitrogens is 2. The highest BCUT2D eigenvalue weighted by Crippen LogP contribution is 2.30. The highest BCUT2D eigenvalue weighted by Gasteiger charge is 2.30. The number of ether oxygens (including phenoxy) is 1. The highest BCUT2D eigenvalue weighted by molar-refractivity contribution is 6.34. The second kappa shape index (κ2) is 12.0. The maximum Gasteiger partial charge on any atom is 0.291 e. The summed E-state index contributed by atoms with van der Waals surface area (Å²) in [6.45, 7) is 2.72. The van der Waals surface area contributed by atoms with Crippen LogP contribution in [0.25, 0.3) is 11.3 Å². The van der Waals surface area contributed by atoms with Crippen molar-refractivity contribution in [1.82, 2.24) is 24.3 Å². The fraction of sp³-hybridized carbons (Fsp3) is 0.357. The molecule has 2 saturated heterocycles. The summed E-state index contributed by atoms with van der Waals surface area (Å²) in [5.41, 5.74) is 0.647. The average Bonchev–Trinajstić information content (AvgIpc) is 3.34. The molecule has 2 fully saturated rings. The predicted octanol–water partition coefficient (Wildman–Crippen LogP) is 2.24. The Bertz CT molecular complexity index is 1540. The van der Waals surface area contributed by atoms with E-state index >= 15 is 0 Å². The van der Waals surface area contributed by atoms with Crippen LogP contribution in [0.5, 0.6) is 5.75 Å². The third-order valence-electron chi connectivity index (χ3n) is 7.41. The fourth-order valence-corrected chi connectivity index (χ4v) is 5.26. The summed E-state index contributed by atoms with van der Waals surface area (Å²) < 4.78 is 35.0. The molecule has 1 aromatic heterocycles. The Hall–Kier alpha value is -4.07. The van der Waals surface area contributed by atoms with Crippen molar-refractivity contribution in [3.8, 4) is 17.0 Å². The highest BCUT2D eigenvalue weighted by atomic mass is 35.5. The van der Waals surface area contributed by atoms with Crippen LogP contribution in [0.4, 0.5) is 14.5 Å². The van der Waals surface area contributed by atoms with Crippen LogP contribution >= 0.6 is 11.6 Å². The number of amides is 3. The molecule has 2 aliphatic heterocycles. The molecule has 3 amide bonds. The van der Waals surface area contributed by atoms with E-state index in [9.17, 15) is 28.3 Å².